The van der Waals surface area contributed by atoms with Gasteiger partial charge in [-0.2, -0.15) is 0 Å². The Labute approximate surface area is 106 Å². The standard InChI is InChI=1S/C13H17NO2S/c1-2-16-12(15)10-14-8-9-17-13(14)11-6-4-3-5-7-11/h3-7,13H,2,8-10H2,1H3/t13-/m0/s1. The van der Waals surface area contributed by atoms with Crippen LogP contribution in [0.15, 0.2) is 30.3 Å². The van der Waals surface area contributed by atoms with Crippen molar-refractivity contribution in [3.8, 4) is 0 Å². The minimum atomic E-state index is -0.129. The second kappa shape index (κ2) is 6.07. The van der Waals surface area contributed by atoms with Crippen molar-refractivity contribution in [3.05, 3.63) is 35.9 Å². The first kappa shape index (κ1) is 12.5. The number of esters is 1. The molecule has 0 bridgehead atoms. The van der Waals surface area contributed by atoms with Crippen molar-refractivity contribution in [2.24, 2.45) is 0 Å². The Morgan fingerprint density at radius 1 is 1.47 bits per heavy atom. The minimum Gasteiger partial charge on any atom is -0.465 e. The molecular weight excluding hydrogens is 234 g/mol. The van der Waals surface area contributed by atoms with Gasteiger partial charge in [-0.3, -0.25) is 9.69 Å². The molecule has 2 rings (SSSR count). The van der Waals surface area contributed by atoms with Crippen LogP contribution in [0.1, 0.15) is 17.9 Å². The van der Waals surface area contributed by atoms with Crippen molar-refractivity contribution in [2.45, 2.75) is 12.3 Å². The van der Waals surface area contributed by atoms with E-state index in [0.29, 0.717) is 18.5 Å². The third-order valence-electron chi connectivity index (χ3n) is 2.71. The van der Waals surface area contributed by atoms with Crippen LogP contribution in [0.3, 0.4) is 0 Å². The zero-order valence-corrected chi connectivity index (χ0v) is 10.8. The van der Waals surface area contributed by atoms with Crippen LogP contribution >= 0.6 is 11.8 Å². The average molecular weight is 251 g/mol. The minimum absolute atomic E-state index is 0.129. The van der Waals surface area contributed by atoms with Gasteiger partial charge in [0.2, 0.25) is 0 Å². The molecule has 1 aliphatic heterocycles. The van der Waals surface area contributed by atoms with Gasteiger partial charge in [-0.15, -0.1) is 11.8 Å². The molecule has 0 amide bonds. The summed E-state index contributed by atoms with van der Waals surface area (Å²) in [5.41, 5.74) is 1.26. The molecule has 1 aromatic carbocycles. The number of hydrogen-bond acceptors (Lipinski definition) is 4. The summed E-state index contributed by atoms with van der Waals surface area (Å²) in [6, 6.07) is 10.3. The monoisotopic (exact) mass is 251 g/mol. The summed E-state index contributed by atoms with van der Waals surface area (Å²) >= 11 is 1.88. The molecule has 17 heavy (non-hydrogen) atoms. The Kier molecular flexibility index (Phi) is 4.45. The van der Waals surface area contributed by atoms with E-state index < -0.39 is 0 Å². The SMILES string of the molecule is CCOC(=O)CN1CCS[C@H]1c1ccccc1. The Morgan fingerprint density at radius 2 is 2.24 bits per heavy atom. The fraction of sp³-hybridized carbons (Fsp3) is 0.462. The highest BCUT2D eigenvalue weighted by Gasteiger charge is 2.28. The fourth-order valence-corrected chi connectivity index (χ4v) is 3.27. The first-order valence-corrected chi connectivity index (χ1v) is 6.92. The first-order valence-electron chi connectivity index (χ1n) is 5.87. The maximum absolute atomic E-state index is 11.5. The van der Waals surface area contributed by atoms with Crippen molar-refractivity contribution < 1.29 is 9.53 Å². The Bertz CT molecular complexity index is 369. The molecular formula is C13H17NO2S. The molecule has 0 unspecified atom stereocenters. The van der Waals surface area contributed by atoms with E-state index >= 15 is 0 Å². The molecule has 1 saturated heterocycles. The van der Waals surface area contributed by atoms with Crippen LogP contribution in [0.25, 0.3) is 0 Å². The third kappa shape index (κ3) is 3.23. The van der Waals surface area contributed by atoms with Gasteiger partial charge in [0.25, 0.3) is 0 Å². The predicted molar refractivity (Wildman–Crippen MR) is 69.8 cm³/mol. The summed E-state index contributed by atoms with van der Waals surface area (Å²) in [7, 11) is 0. The molecule has 1 atom stereocenters. The molecule has 1 aromatic rings. The molecule has 1 heterocycles. The zero-order valence-electron chi connectivity index (χ0n) is 9.96. The largest absolute Gasteiger partial charge is 0.465 e. The first-order chi connectivity index (χ1) is 8.31. The van der Waals surface area contributed by atoms with Gasteiger partial charge in [0, 0.05) is 12.3 Å². The maximum Gasteiger partial charge on any atom is 0.320 e. The molecule has 0 spiro atoms. The Hall–Kier alpha value is -1.00. The number of hydrogen-bond donors (Lipinski definition) is 0. The summed E-state index contributed by atoms with van der Waals surface area (Å²) in [6.45, 7) is 3.63. The van der Waals surface area contributed by atoms with E-state index in [1.54, 1.807) is 0 Å². The summed E-state index contributed by atoms with van der Waals surface area (Å²) in [5.74, 6) is 0.940. The number of nitrogens with zero attached hydrogens (tertiary/aromatic N) is 1. The van der Waals surface area contributed by atoms with E-state index in [1.807, 2.05) is 36.9 Å². The molecule has 0 saturated carbocycles. The maximum atomic E-state index is 11.5. The van der Waals surface area contributed by atoms with E-state index in [-0.39, 0.29) is 5.97 Å². The van der Waals surface area contributed by atoms with E-state index in [4.69, 9.17) is 4.74 Å². The third-order valence-corrected chi connectivity index (χ3v) is 4.01. The lowest BCUT2D eigenvalue weighted by Gasteiger charge is -2.22. The highest BCUT2D eigenvalue weighted by Crippen LogP contribution is 2.37. The van der Waals surface area contributed by atoms with Crippen LogP contribution in [0.5, 0.6) is 0 Å². The van der Waals surface area contributed by atoms with E-state index in [0.717, 1.165) is 12.3 Å². The molecule has 1 aliphatic rings. The van der Waals surface area contributed by atoms with Crippen LogP contribution in [-0.2, 0) is 9.53 Å². The zero-order chi connectivity index (χ0) is 12.1. The molecule has 1 fully saturated rings. The number of carbonyl (C=O) groups excluding carboxylic acids is 1. The number of ether oxygens (including phenoxy) is 1. The average Bonchev–Trinajstić information content (AvgIpc) is 2.78. The fourth-order valence-electron chi connectivity index (χ4n) is 1.96. The lowest BCUT2D eigenvalue weighted by atomic mass is 10.2. The number of thioether (sulfide) groups is 1. The van der Waals surface area contributed by atoms with E-state index in [9.17, 15) is 4.79 Å². The van der Waals surface area contributed by atoms with Crippen LogP contribution in [0.2, 0.25) is 0 Å². The molecule has 0 N–H and O–H groups in total. The molecule has 0 aromatic heterocycles. The normalized spacial score (nSPS) is 20.4. The Morgan fingerprint density at radius 3 is 2.94 bits per heavy atom. The van der Waals surface area contributed by atoms with Crippen molar-refractivity contribution in [2.75, 3.05) is 25.4 Å². The number of carbonyl (C=O) groups is 1. The lowest BCUT2D eigenvalue weighted by Crippen LogP contribution is -2.30. The van der Waals surface area contributed by atoms with Gasteiger partial charge < -0.3 is 4.74 Å². The second-order valence-electron chi connectivity index (χ2n) is 3.91. The van der Waals surface area contributed by atoms with E-state index in [1.165, 1.54) is 5.56 Å². The van der Waals surface area contributed by atoms with Gasteiger partial charge in [-0.25, -0.2) is 0 Å². The molecule has 92 valence electrons. The second-order valence-corrected chi connectivity index (χ2v) is 5.10. The van der Waals surface area contributed by atoms with Crippen LogP contribution in [0, 0.1) is 0 Å². The summed E-state index contributed by atoms with van der Waals surface area (Å²) in [4.78, 5) is 13.7. The number of benzene rings is 1. The summed E-state index contributed by atoms with van der Waals surface area (Å²) in [5, 5.41) is 0.292. The molecule has 0 radical (unpaired) electrons. The van der Waals surface area contributed by atoms with Crippen LogP contribution < -0.4 is 0 Å². The van der Waals surface area contributed by atoms with Gasteiger partial charge in [0.15, 0.2) is 0 Å². The molecule has 3 nitrogen and oxygen atoms in total. The van der Waals surface area contributed by atoms with Crippen molar-refractivity contribution >= 4 is 17.7 Å². The topological polar surface area (TPSA) is 29.5 Å². The summed E-state index contributed by atoms with van der Waals surface area (Å²) in [6.07, 6.45) is 0. The van der Waals surface area contributed by atoms with Gasteiger partial charge in [-0.1, -0.05) is 30.3 Å². The van der Waals surface area contributed by atoms with Crippen molar-refractivity contribution in [3.63, 3.8) is 0 Å². The van der Waals surface area contributed by atoms with Crippen LogP contribution in [-0.4, -0.2) is 36.3 Å². The van der Waals surface area contributed by atoms with Gasteiger partial charge in [0.05, 0.1) is 18.5 Å². The van der Waals surface area contributed by atoms with Crippen molar-refractivity contribution in [1.29, 1.82) is 0 Å². The summed E-state index contributed by atoms with van der Waals surface area (Å²) < 4.78 is 5.00. The smallest absolute Gasteiger partial charge is 0.320 e. The van der Waals surface area contributed by atoms with Gasteiger partial charge in [-0.05, 0) is 12.5 Å². The lowest BCUT2D eigenvalue weighted by molar-refractivity contribution is -0.144. The van der Waals surface area contributed by atoms with Crippen molar-refractivity contribution in [1.82, 2.24) is 4.90 Å². The quantitative estimate of drug-likeness (QED) is 0.768. The van der Waals surface area contributed by atoms with Gasteiger partial charge >= 0.3 is 5.97 Å². The van der Waals surface area contributed by atoms with Gasteiger partial charge in [0.1, 0.15) is 0 Å². The van der Waals surface area contributed by atoms with Crippen LogP contribution in [0.4, 0.5) is 0 Å². The predicted octanol–water partition coefficient (Wildman–Crippen LogP) is 2.30. The Balaban J connectivity index is 2.00. The van der Waals surface area contributed by atoms with E-state index in [2.05, 4.69) is 17.0 Å². The highest BCUT2D eigenvalue weighted by molar-refractivity contribution is 7.99. The molecule has 4 heteroatoms. The molecule has 0 aliphatic carbocycles. The highest BCUT2D eigenvalue weighted by atomic mass is 32.2. The number of rotatable bonds is 4.